The Morgan fingerprint density at radius 1 is 1.20 bits per heavy atom. The lowest BCUT2D eigenvalue weighted by Crippen LogP contribution is -2.42. The number of aromatic nitrogens is 2. The van der Waals surface area contributed by atoms with Crippen molar-refractivity contribution in [1.82, 2.24) is 20.4 Å². The standard InChI is InChI=1S/C22H29N5O2.ClH/c1-13-8-14(2)12-27(11-13)22(29)16-5-4-15(3)19(9-16)24-21(28)20-17-10-23-7-6-18(17)25-26-20;/h4-5,9,13-14,23H,6-8,10-12H2,1-3H3,(H,24,28)(H,25,26);1H. The molecule has 2 atom stereocenters. The van der Waals surface area contributed by atoms with Crippen LogP contribution < -0.4 is 10.6 Å². The molecule has 7 nitrogen and oxygen atoms in total. The van der Waals surface area contributed by atoms with Crippen LogP contribution in [0, 0.1) is 18.8 Å². The molecule has 0 spiro atoms. The number of rotatable bonds is 3. The van der Waals surface area contributed by atoms with E-state index in [-0.39, 0.29) is 24.2 Å². The molecule has 8 heteroatoms. The van der Waals surface area contributed by atoms with E-state index in [0.29, 0.717) is 35.3 Å². The number of carbonyl (C=O) groups excluding carboxylic acids is 2. The van der Waals surface area contributed by atoms with Gasteiger partial charge in [-0.3, -0.25) is 14.7 Å². The average molecular weight is 432 g/mol. The summed E-state index contributed by atoms with van der Waals surface area (Å²) < 4.78 is 0. The monoisotopic (exact) mass is 431 g/mol. The molecule has 1 fully saturated rings. The molecule has 4 rings (SSSR count). The molecule has 3 N–H and O–H groups in total. The fraction of sp³-hybridized carbons (Fsp3) is 0.500. The summed E-state index contributed by atoms with van der Waals surface area (Å²) in [5, 5.41) is 13.4. The Hall–Kier alpha value is -2.38. The zero-order valence-electron chi connectivity index (χ0n) is 17.7. The average Bonchev–Trinajstić information content (AvgIpc) is 3.12. The maximum atomic E-state index is 13.0. The summed E-state index contributed by atoms with van der Waals surface area (Å²) in [6.45, 7) is 9.39. The number of hydrogen-bond donors (Lipinski definition) is 3. The molecule has 3 heterocycles. The molecule has 2 aromatic rings. The molecule has 1 saturated heterocycles. The van der Waals surface area contributed by atoms with Gasteiger partial charge < -0.3 is 15.5 Å². The van der Waals surface area contributed by atoms with Crippen LogP contribution >= 0.6 is 12.4 Å². The number of piperidine rings is 1. The first-order valence-electron chi connectivity index (χ1n) is 10.4. The molecule has 0 saturated carbocycles. The number of H-pyrrole nitrogens is 1. The summed E-state index contributed by atoms with van der Waals surface area (Å²) >= 11 is 0. The third-order valence-corrected chi connectivity index (χ3v) is 5.91. The van der Waals surface area contributed by atoms with Gasteiger partial charge in [-0.05, 0) is 42.9 Å². The number of hydrogen-bond acceptors (Lipinski definition) is 4. The van der Waals surface area contributed by atoms with Crippen LogP contribution in [-0.2, 0) is 13.0 Å². The summed E-state index contributed by atoms with van der Waals surface area (Å²) in [6.07, 6.45) is 1.99. The highest BCUT2D eigenvalue weighted by atomic mass is 35.5. The number of carbonyl (C=O) groups is 2. The Balaban J connectivity index is 0.00000256. The van der Waals surface area contributed by atoms with Gasteiger partial charge in [0.05, 0.1) is 0 Å². The predicted molar refractivity (Wildman–Crippen MR) is 119 cm³/mol. The van der Waals surface area contributed by atoms with E-state index in [1.54, 1.807) is 6.07 Å². The molecule has 2 aliphatic heterocycles. The molecule has 1 aromatic heterocycles. The minimum absolute atomic E-state index is 0. The van der Waals surface area contributed by atoms with E-state index in [1.165, 1.54) is 0 Å². The molecule has 162 valence electrons. The van der Waals surface area contributed by atoms with Crippen molar-refractivity contribution < 1.29 is 9.59 Å². The summed E-state index contributed by atoms with van der Waals surface area (Å²) in [5.41, 5.74) is 4.54. The van der Waals surface area contributed by atoms with Crippen LogP contribution in [0.25, 0.3) is 0 Å². The Morgan fingerprint density at radius 3 is 2.67 bits per heavy atom. The highest BCUT2D eigenvalue weighted by molar-refractivity contribution is 6.05. The van der Waals surface area contributed by atoms with Crippen LogP contribution in [0.5, 0.6) is 0 Å². The fourth-order valence-corrected chi connectivity index (χ4v) is 4.50. The highest BCUT2D eigenvalue weighted by Gasteiger charge is 2.27. The summed E-state index contributed by atoms with van der Waals surface area (Å²) in [7, 11) is 0. The third-order valence-electron chi connectivity index (χ3n) is 5.91. The lowest BCUT2D eigenvalue weighted by atomic mass is 9.91. The number of aryl methyl sites for hydroxylation is 1. The Labute approximate surface area is 183 Å². The maximum absolute atomic E-state index is 13.0. The molecule has 2 aliphatic rings. The SMILES string of the molecule is Cc1ccc(C(=O)N2CC(C)CC(C)C2)cc1NC(=O)c1n[nH]c2c1CNCC2.Cl. The number of nitrogens with one attached hydrogen (secondary N) is 3. The normalized spacial score (nSPS) is 20.8. The lowest BCUT2D eigenvalue weighted by molar-refractivity contribution is 0.0623. The Bertz CT molecular complexity index is 932. The van der Waals surface area contributed by atoms with Gasteiger partial charge in [-0.2, -0.15) is 5.10 Å². The quantitative estimate of drug-likeness (QED) is 0.696. The van der Waals surface area contributed by atoms with Gasteiger partial charge in [-0.1, -0.05) is 19.9 Å². The van der Waals surface area contributed by atoms with Crippen LogP contribution in [0.1, 0.15) is 57.9 Å². The summed E-state index contributed by atoms with van der Waals surface area (Å²) in [6, 6.07) is 5.52. The number of likely N-dealkylation sites (tertiary alicyclic amines) is 1. The van der Waals surface area contributed by atoms with Crippen molar-refractivity contribution in [3.05, 3.63) is 46.3 Å². The molecule has 2 amide bonds. The second-order valence-electron chi connectivity index (χ2n) is 8.60. The third kappa shape index (κ3) is 4.52. The molecule has 30 heavy (non-hydrogen) atoms. The Morgan fingerprint density at radius 2 is 1.93 bits per heavy atom. The Kier molecular flexibility index (Phi) is 6.83. The van der Waals surface area contributed by atoms with Crippen molar-refractivity contribution in [1.29, 1.82) is 0 Å². The smallest absolute Gasteiger partial charge is 0.276 e. The van der Waals surface area contributed by atoms with Crippen molar-refractivity contribution in [2.45, 2.75) is 40.2 Å². The molecule has 0 aliphatic carbocycles. The van der Waals surface area contributed by atoms with Gasteiger partial charge in [0.25, 0.3) is 11.8 Å². The van der Waals surface area contributed by atoms with Crippen LogP contribution in [0.3, 0.4) is 0 Å². The number of aromatic amines is 1. The molecular weight excluding hydrogens is 402 g/mol. The van der Waals surface area contributed by atoms with E-state index < -0.39 is 0 Å². The van der Waals surface area contributed by atoms with Crippen molar-refractivity contribution in [3.8, 4) is 0 Å². The summed E-state index contributed by atoms with van der Waals surface area (Å²) in [4.78, 5) is 27.8. The van der Waals surface area contributed by atoms with E-state index in [4.69, 9.17) is 0 Å². The molecule has 0 radical (unpaired) electrons. The number of amides is 2. The van der Waals surface area contributed by atoms with Gasteiger partial charge in [0.15, 0.2) is 5.69 Å². The number of anilines is 1. The van der Waals surface area contributed by atoms with E-state index in [2.05, 4.69) is 34.7 Å². The molecule has 1 aromatic carbocycles. The van der Waals surface area contributed by atoms with Gasteiger partial charge in [0.1, 0.15) is 0 Å². The summed E-state index contributed by atoms with van der Waals surface area (Å²) in [5.74, 6) is 0.790. The van der Waals surface area contributed by atoms with Crippen LogP contribution in [-0.4, -0.2) is 46.5 Å². The van der Waals surface area contributed by atoms with Gasteiger partial charge in [-0.25, -0.2) is 0 Å². The van der Waals surface area contributed by atoms with E-state index in [9.17, 15) is 9.59 Å². The number of fused-ring (bicyclic) bond motifs is 1. The zero-order chi connectivity index (χ0) is 20.5. The largest absolute Gasteiger partial charge is 0.338 e. The van der Waals surface area contributed by atoms with Crippen LogP contribution in [0.4, 0.5) is 5.69 Å². The maximum Gasteiger partial charge on any atom is 0.276 e. The second-order valence-corrected chi connectivity index (χ2v) is 8.60. The van der Waals surface area contributed by atoms with Crippen LogP contribution in [0.15, 0.2) is 18.2 Å². The van der Waals surface area contributed by atoms with Crippen molar-refractivity contribution >= 4 is 29.9 Å². The van der Waals surface area contributed by atoms with Crippen LogP contribution in [0.2, 0.25) is 0 Å². The van der Waals surface area contributed by atoms with Crippen molar-refractivity contribution in [2.75, 3.05) is 25.0 Å². The van der Waals surface area contributed by atoms with E-state index in [1.807, 2.05) is 24.0 Å². The van der Waals surface area contributed by atoms with E-state index in [0.717, 1.165) is 49.3 Å². The van der Waals surface area contributed by atoms with Gasteiger partial charge in [-0.15, -0.1) is 12.4 Å². The number of nitrogens with zero attached hydrogens (tertiary/aromatic N) is 2. The first-order chi connectivity index (χ1) is 13.9. The molecule has 2 unspecified atom stereocenters. The minimum atomic E-state index is -0.251. The predicted octanol–water partition coefficient (Wildman–Crippen LogP) is 3.16. The lowest BCUT2D eigenvalue weighted by Gasteiger charge is -2.35. The van der Waals surface area contributed by atoms with Crippen molar-refractivity contribution in [2.24, 2.45) is 11.8 Å². The zero-order valence-corrected chi connectivity index (χ0v) is 18.6. The van der Waals surface area contributed by atoms with Gasteiger partial charge in [0, 0.05) is 55.1 Å². The fourth-order valence-electron chi connectivity index (χ4n) is 4.50. The molecular formula is C22H30ClN5O2. The number of benzene rings is 1. The molecule has 0 bridgehead atoms. The first kappa shape index (κ1) is 22.3. The van der Waals surface area contributed by atoms with Crippen molar-refractivity contribution in [3.63, 3.8) is 0 Å². The topological polar surface area (TPSA) is 90.1 Å². The van der Waals surface area contributed by atoms with Gasteiger partial charge in [0.2, 0.25) is 0 Å². The second kappa shape index (κ2) is 9.18. The first-order valence-corrected chi connectivity index (χ1v) is 10.4. The minimum Gasteiger partial charge on any atom is -0.338 e. The highest BCUT2D eigenvalue weighted by Crippen LogP contribution is 2.25. The van der Waals surface area contributed by atoms with Gasteiger partial charge >= 0.3 is 0 Å². The van der Waals surface area contributed by atoms with E-state index >= 15 is 0 Å². The number of halogens is 1.